The molecule has 0 radical (unpaired) electrons. The van der Waals surface area contributed by atoms with Gasteiger partial charge < -0.3 is 24.1 Å². The molecule has 1 aliphatic carbocycles. The van der Waals surface area contributed by atoms with Crippen molar-refractivity contribution in [1.29, 1.82) is 0 Å². The van der Waals surface area contributed by atoms with Crippen LogP contribution >= 0.6 is 0 Å². The molecule has 1 aliphatic rings. The molecule has 1 atom stereocenters. The third kappa shape index (κ3) is 3.46. The molecule has 7 heteroatoms. The largest absolute Gasteiger partial charge is 0.497 e. The third-order valence-corrected chi connectivity index (χ3v) is 4.30. The maximum Gasteiger partial charge on any atom is 0.308 e. The van der Waals surface area contributed by atoms with Crippen LogP contribution in [0.3, 0.4) is 0 Å². The number of hydrogen-bond acceptors (Lipinski definition) is 7. The Bertz CT molecular complexity index is 917. The Kier molecular flexibility index (Phi) is 5.05. The van der Waals surface area contributed by atoms with Gasteiger partial charge in [-0.05, 0) is 34.9 Å². The fourth-order valence-corrected chi connectivity index (χ4v) is 3.25. The van der Waals surface area contributed by atoms with Gasteiger partial charge in [-0.15, -0.1) is 0 Å². The molecule has 0 aromatic heterocycles. The average Bonchev–Trinajstić information content (AvgIpc) is 2.62. The van der Waals surface area contributed by atoms with E-state index in [0.717, 1.165) is 0 Å². The fraction of sp³-hybridized carbons (Fsp3) is 0.300. The molecule has 0 fully saturated rings. The summed E-state index contributed by atoms with van der Waals surface area (Å²) in [5.74, 6) is -0.196. The summed E-state index contributed by atoms with van der Waals surface area (Å²) in [5, 5.41) is 10.6. The minimum absolute atomic E-state index is 0.0251. The van der Waals surface area contributed by atoms with E-state index in [-0.39, 0.29) is 23.7 Å². The lowest BCUT2D eigenvalue weighted by atomic mass is 9.82. The van der Waals surface area contributed by atoms with E-state index in [1.807, 2.05) is 0 Å². The summed E-state index contributed by atoms with van der Waals surface area (Å²) in [6.07, 6.45) is -0.488. The van der Waals surface area contributed by atoms with Crippen molar-refractivity contribution in [3.05, 3.63) is 35.4 Å². The van der Waals surface area contributed by atoms with Gasteiger partial charge in [-0.3, -0.25) is 9.59 Å². The maximum absolute atomic E-state index is 11.7. The molecule has 1 unspecified atom stereocenters. The van der Waals surface area contributed by atoms with Gasteiger partial charge in [-0.2, -0.15) is 0 Å². The van der Waals surface area contributed by atoms with Crippen LogP contribution in [-0.4, -0.2) is 31.3 Å². The molecular formula is C20H20O7. The van der Waals surface area contributed by atoms with Crippen molar-refractivity contribution in [1.82, 2.24) is 0 Å². The summed E-state index contributed by atoms with van der Waals surface area (Å²) >= 11 is 0. The SMILES string of the molecule is COc1ccc2c(c1)C(O)Cc1cc(OC)c(OC(C)=O)c(OC(C)=O)c1-2. The minimum Gasteiger partial charge on any atom is -0.497 e. The number of methoxy groups -OCH3 is 2. The second-order valence-corrected chi connectivity index (χ2v) is 6.13. The van der Waals surface area contributed by atoms with Crippen LogP contribution in [0, 0.1) is 0 Å². The van der Waals surface area contributed by atoms with Crippen LogP contribution < -0.4 is 18.9 Å². The zero-order valence-electron chi connectivity index (χ0n) is 15.5. The Morgan fingerprint density at radius 2 is 1.67 bits per heavy atom. The first kappa shape index (κ1) is 18.7. The Labute approximate surface area is 156 Å². The van der Waals surface area contributed by atoms with E-state index in [9.17, 15) is 14.7 Å². The van der Waals surface area contributed by atoms with E-state index in [2.05, 4.69) is 0 Å². The fourth-order valence-electron chi connectivity index (χ4n) is 3.25. The topological polar surface area (TPSA) is 91.3 Å². The Hall–Kier alpha value is -3.06. The number of carbonyl (C=O) groups excluding carboxylic acids is 2. The molecular weight excluding hydrogens is 352 g/mol. The molecule has 0 spiro atoms. The number of fused-ring (bicyclic) bond motifs is 3. The zero-order valence-corrected chi connectivity index (χ0v) is 15.5. The third-order valence-electron chi connectivity index (χ3n) is 4.30. The number of carbonyl (C=O) groups is 2. The smallest absolute Gasteiger partial charge is 0.308 e. The molecule has 2 aromatic carbocycles. The molecule has 1 N–H and O–H groups in total. The predicted octanol–water partition coefficient (Wildman–Crippen LogP) is 2.81. The van der Waals surface area contributed by atoms with Gasteiger partial charge in [0.2, 0.25) is 5.75 Å². The second-order valence-electron chi connectivity index (χ2n) is 6.13. The number of hydrogen-bond donors (Lipinski definition) is 1. The van der Waals surface area contributed by atoms with Crippen molar-refractivity contribution >= 4 is 11.9 Å². The first-order valence-electron chi connectivity index (χ1n) is 8.32. The monoisotopic (exact) mass is 372 g/mol. The summed E-state index contributed by atoms with van der Waals surface area (Å²) in [6.45, 7) is 2.51. The average molecular weight is 372 g/mol. The highest BCUT2D eigenvalue weighted by Crippen LogP contribution is 2.52. The quantitative estimate of drug-likeness (QED) is 0.652. The Morgan fingerprint density at radius 3 is 2.26 bits per heavy atom. The summed E-state index contributed by atoms with van der Waals surface area (Å²) in [6, 6.07) is 6.92. The van der Waals surface area contributed by atoms with Gasteiger partial charge in [-0.25, -0.2) is 0 Å². The maximum atomic E-state index is 11.7. The highest BCUT2D eigenvalue weighted by molar-refractivity contribution is 5.88. The number of esters is 2. The molecule has 3 rings (SSSR count). The Balaban J connectivity index is 2.33. The number of rotatable bonds is 4. The highest BCUT2D eigenvalue weighted by atomic mass is 16.6. The van der Waals surface area contributed by atoms with Crippen LogP contribution in [0.2, 0.25) is 0 Å². The number of aliphatic hydroxyl groups is 1. The number of ether oxygens (including phenoxy) is 4. The van der Waals surface area contributed by atoms with Gasteiger partial charge >= 0.3 is 11.9 Å². The summed E-state index contributed by atoms with van der Waals surface area (Å²) in [7, 11) is 2.96. The lowest BCUT2D eigenvalue weighted by molar-refractivity contribution is -0.134. The molecule has 0 heterocycles. The van der Waals surface area contributed by atoms with Crippen molar-refractivity contribution in [3.63, 3.8) is 0 Å². The molecule has 0 aliphatic heterocycles. The molecule has 0 bridgehead atoms. The lowest BCUT2D eigenvalue weighted by Gasteiger charge is -2.28. The summed E-state index contributed by atoms with van der Waals surface area (Å²) < 4.78 is 21.3. The normalized spacial score (nSPS) is 14.6. The van der Waals surface area contributed by atoms with E-state index < -0.39 is 18.0 Å². The van der Waals surface area contributed by atoms with E-state index in [1.54, 1.807) is 31.4 Å². The summed E-state index contributed by atoms with van der Waals surface area (Å²) in [5.41, 5.74) is 2.58. The molecule has 0 saturated heterocycles. The van der Waals surface area contributed by atoms with Crippen LogP contribution in [0.1, 0.15) is 31.1 Å². The van der Waals surface area contributed by atoms with Crippen LogP contribution in [0.25, 0.3) is 11.1 Å². The van der Waals surface area contributed by atoms with Crippen LogP contribution in [0.5, 0.6) is 23.0 Å². The second kappa shape index (κ2) is 7.28. The lowest BCUT2D eigenvalue weighted by Crippen LogP contribution is -2.15. The van der Waals surface area contributed by atoms with Gasteiger partial charge in [0.05, 0.1) is 20.3 Å². The van der Waals surface area contributed by atoms with Gasteiger partial charge in [0.15, 0.2) is 11.5 Å². The molecule has 0 saturated carbocycles. The Morgan fingerprint density at radius 1 is 1.00 bits per heavy atom. The van der Waals surface area contributed by atoms with Crippen molar-refractivity contribution < 1.29 is 33.6 Å². The van der Waals surface area contributed by atoms with Gasteiger partial charge in [0.1, 0.15) is 5.75 Å². The zero-order chi connectivity index (χ0) is 19.7. The van der Waals surface area contributed by atoms with Crippen LogP contribution in [0.4, 0.5) is 0 Å². The summed E-state index contributed by atoms with van der Waals surface area (Å²) in [4.78, 5) is 23.3. The van der Waals surface area contributed by atoms with Crippen molar-refractivity contribution in [2.45, 2.75) is 26.4 Å². The molecule has 0 amide bonds. The van der Waals surface area contributed by atoms with E-state index in [4.69, 9.17) is 18.9 Å². The molecule has 2 aromatic rings. The standard InChI is InChI=1S/C20H20O7/c1-10(21)26-19-17(25-4)8-12-7-16(23)15-9-13(24-3)5-6-14(15)18(12)20(19)27-11(2)22/h5-6,8-9,16,23H,7H2,1-4H3. The van der Waals surface area contributed by atoms with Gasteiger partial charge in [0, 0.05) is 25.8 Å². The molecule has 7 nitrogen and oxygen atoms in total. The minimum atomic E-state index is -0.767. The van der Waals surface area contributed by atoms with Gasteiger partial charge in [-0.1, -0.05) is 6.07 Å². The van der Waals surface area contributed by atoms with E-state index >= 15 is 0 Å². The van der Waals surface area contributed by atoms with Crippen LogP contribution in [-0.2, 0) is 16.0 Å². The highest BCUT2D eigenvalue weighted by Gasteiger charge is 2.32. The number of benzene rings is 2. The van der Waals surface area contributed by atoms with Crippen molar-refractivity contribution in [3.8, 4) is 34.1 Å². The van der Waals surface area contributed by atoms with Crippen LogP contribution in [0.15, 0.2) is 24.3 Å². The predicted molar refractivity (Wildman–Crippen MR) is 96.3 cm³/mol. The molecule has 142 valence electrons. The number of aliphatic hydroxyl groups excluding tert-OH is 1. The first-order valence-corrected chi connectivity index (χ1v) is 8.32. The first-order chi connectivity index (χ1) is 12.8. The van der Waals surface area contributed by atoms with Crippen molar-refractivity contribution in [2.24, 2.45) is 0 Å². The molecule has 27 heavy (non-hydrogen) atoms. The van der Waals surface area contributed by atoms with E-state index in [0.29, 0.717) is 28.0 Å². The van der Waals surface area contributed by atoms with E-state index in [1.165, 1.54) is 21.0 Å². The van der Waals surface area contributed by atoms with Gasteiger partial charge in [0.25, 0.3) is 0 Å². The van der Waals surface area contributed by atoms with Crippen molar-refractivity contribution in [2.75, 3.05) is 14.2 Å².